The van der Waals surface area contributed by atoms with Gasteiger partial charge >= 0.3 is 0 Å². The van der Waals surface area contributed by atoms with Crippen molar-refractivity contribution in [2.24, 2.45) is 0 Å². The van der Waals surface area contributed by atoms with Gasteiger partial charge in [-0.05, 0) is 45.0 Å². The number of carbonyl (C=O) groups is 2. The lowest BCUT2D eigenvalue weighted by Gasteiger charge is -2.24. The maximum absolute atomic E-state index is 12.6. The number of likely N-dealkylation sites (N-methyl/N-ethyl adjacent to an activating group) is 1. The molecule has 2 amide bonds. The highest BCUT2D eigenvalue weighted by Gasteiger charge is 2.43. The van der Waals surface area contributed by atoms with Crippen LogP contribution in [0.3, 0.4) is 0 Å². The summed E-state index contributed by atoms with van der Waals surface area (Å²) in [7, 11) is -2.18. The summed E-state index contributed by atoms with van der Waals surface area (Å²) in [5.41, 5.74) is 0.413. The van der Waals surface area contributed by atoms with E-state index in [1.807, 2.05) is 0 Å². The molecule has 0 aliphatic carbocycles. The van der Waals surface area contributed by atoms with Crippen molar-refractivity contribution >= 4 is 34.2 Å². The molecule has 3 rings (SSSR count). The largest absolute Gasteiger partial charge is 0.337 e. The average Bonchev–Trinajstić information content (AvgIpc) is 3.12. The van der Waals surface area contributed by atoms with Gasteiger partial charge in [0.05, 0.1) is 5.56 Å². The van der Waals surface area contributed by atoms with Gasteiger partial charge in [0.25, 0.3) is 21.8 Å². The first kappa shape index (κ1) is 19.7. The number of amides is 2. The van der Waals surface area contributed by atoms with Crippen molar-refractivity contribution in [2.45, 2.75) is 37.2 Å². The highest BCUT2D eigenvalue weighted by Crippen LogP contribution is 2.32. The Labute approximate surface area is 153 Å². The number of nitrogens with zero attached hydrogens (tertiary/aromatic N) is 2. The molecular formula is C16H22ClN3O4S. The second kappa shape index (κ2) is 6.93. The first-order valence-electron chi connectivity index (χ1n) is 7.96. The van der Waals surface area contributed by atoms with Crippen LogP contribution in [0.25, 0.3) is 0 Å². The number of halogens is 1. The molecule has 1 unspecified atom stereocenters. The normalized spacial score (nSPS) is 21.2. The van der Waals surface area contributed by atoms with E-state index in [9.17, 15) is 18.0 Å². The van der Waals surface area contributed by atoms with Gasteiger partial charge in [0.15, 0.2) is 0 Å². The van der Waals surface area contributed by atoms with Crippen LogP contribution < -0.4 is 5.32 Å². The Morgan fingerprint density at radius 2 is 2.04 bits per heavy atom. The van der Waals surface area contributed by atoms with Crippen molar-refractivity contribution in [1.29, 1.82) is 0 Å². The third kappa shape index (κ3) is 3.14. The maximum Gasteiger partial charge on any atom is 0.269 e. The molecule has 138 valence electrons. The molecular weight excluding hydrogens is 366 g/mol. The van der Waals surface area contributed by atoms with E-state index >= 15 is 0 Å². The van der Waals surface area contributed by atoms with Gasteiger partial charge in [-0.2, -0.15) is 0 Å². The minimum Gasteiger partial charge on any atom is -0.337 e. The van der Waals surface area contributed by atoms with Crippen LogP contribution >= 0.6 is 12.4 Å². The summed E-state index contributed by atoms with van der Waals surface area (Å²) in [6.45, 7) is 4.88. The number of hydrogen-bond acceptors (Lipinski definition) is 5. The molecule has 0 bridgehead atoms. The van der Waals surface area contributed by atoms with E-state index in [1.54, 1.807) is 25.8 Å². The number of hydrogen-bond donors (Lipinski definition) is 1. The van der Waals surface area contributed by atoms with Gasteiger partial charge in [0, 0.05) is 31.2 Å². The van der Waals surface area contributed by atoms with Crippen LogP contribution in [0.1, 0.15) is 41.0 Å². The monoisotopic (exact) mass is 387 g/mol. The fourth-order valence-electron chi connectivity index (χ4n) is 3.23. The number of benzene rings is 1. The van der Waals surface area contributed by atoms with Crippen LogP contribution in [-0.2, 0) is 10.0 Å². The lowest BCUT2D eigenvalue weighted by molar-refractivity contribution is 0.0742. The van der Waals surface area contributed by atoms with Crippen molar-refractivity contribution in [2.75, 3.05) is 20.1 Å². The summed E-state index contributed by atoms with van der Waals surface area (Å²) in [5.74, 6) is -0.774. The van der Waals surface area contributed by atoms with Crippen molar-refractivity contribution in [3.63, 3.8) is 0 Å². The quantitative estimate of drug-likeness (QED) is 0.839. The summed E-state index contributed by atoms with van der Waals surface area (Å²) in [6, 6.07) is 3.91. The molecule has 0 saturated carbocycles. The molecule has 9 heteroatoms. The predicted molar refractivity (Wildman–Crippen MR) is 95.5 cm³/mol. The molecule has 2 aliphatic heterocycles. The molecule has 0 aromatic heterocycles. The zero-order valence-electron chi connectivity index (χ0n) is 14.4. The summed E-state index contributed by atoms with van der Waals surface area (Å²) in [4.78, 5) is 26.5. The van der Waals surface area contributed by atoms with Crippen molar-refractivity contribution in [3.05, 3.63) is 29.3 Å². The Kier molecular flexibility index (Phi) is 5.46. The number of carbonyl (C=O) groups excluding carboxylic acids is 2. The summed E-state index contributed by atoms with van der Waals surface area (Å²) < 4.78 is 26.1. The van der Waals surface area contributed by atoms with E-state index in [2.05, 4.69) is 5.32 Å². The maximum atomic E-state index is 12.6. The zero-order valence-corrected chi connectivity index (χ0v) is 16.0. The Balaban J connectivity index is 0.00000225. The first-order valence-corrected chi connectivity index (χ1v) is 9.40. The smallest absolute Gasteiger partial charge is 0.269 e. The van der Waals surface area contributed by atoms with Crippen molar-refractivity contribution in [1.82, 2.24) is 14.5 Å². The second-order valence-corrected chi connectivity index (χ2v) is 8.26. The third-order valence-electron chi connectivity index (χ3n) is 4.57. The molecule has 1 atom stereocenters. The second-order valence-electron chi connectivity index (χ2n) is 6.47. The van der Waals surface area contributed by atoms with Crippen LogP contribution in [0, 0.1) is 0 Å². The highest BCUT2D eigenvalue weighted by atomic mass is 35.5. The average molecular weight is 388 g/mol. The van der Waals surface area contributed by atoms with Crippen molar-refractivity contribution < 1.29 is 18.0 Å². The van der Waals surface area contributed by atoms with Gasteiger partial charge in [-0.1, -0.05) is 0 Å². The summed E-state index contributed by atoms with van der Waals surface area (Å²) in [5, 5.41) is 3.20. The van der Waals surface area contributed by atoms with Gasteiger partial charge in [0.1, 0.15) is 4.90 Å². The molecule has 2 heterocycles. The Morgan fingerprint density at radius 3 is 2.60 bits per heavy atom. The highest BCUT2D eigenvalue weighted by molar-refractivity contribution is 7.90. The molecule has 1 aromatic carbocycles. The topological polar surface area (TPSA) is 86.8 Å². The molecule has 1 N–H and O–H groups in total. The standard InChI is InChI=1S/C16H21N3O4S.ClH/c1-10(2)19-16(21)13-5-4-11(8-14(13)24(19,22)23)15(20)18(3)12-6-7-17-9-12;/h4-5,8,10,12,17H,6-7,9H2,1-3H3;1H. The molecule has 2 aliphatic rings. The fraction of sp³-hybridized carbons (Fsp3) is 0.500. The van der Waals surface area contributed by atoms with Gasteiger partial charge < -0.3 is 10.2 Å². The van der Waals surface area contributed by atoms with E-state index in [1.165, 1.54) is 18.2 Å². The molecule has 1 aromatic rings. The van der Waals surface area contributed by atoms with Gasteiger partial charge in [-0.25, -0.2) is 12.7 Å². The predicted octanol–water partition coefficient (Wildman–Crippen LogP) is 1.10. The van der Waals surface area contributed by atoms with Crippen molar-refractivity contribution in [3.8, 4) is 0 Å². The van der Waals surface area contributed by atoms with Gasteiger partial charge in [0.2, 0.25) is 0 Å². The van der Waals surface area contributed by atoms with Crippen LogP contribution in [-0.4, -0.2) is 61.7 Å². The Bertz CT molecular complexity index is 804. The van der Waals surface area contributed by atoms with Crippen LogP contribution in [0.15, 0.2) is 23.1 Å². The fourth-order valence-corrected chi connectivity index (χ4v) is 5.02. The lowest BCUT2D eigenvalue weighted by Crippen LogP contribution is -2.38. The number of nitrogens with one attached hydrogen (secondary N) is 1. The zero-order chi connectivity index (χ0) is 17.6. The summed E-state index contributed by atoms with van der Waals surface area (Å²) in [6.07, 6.45) is 0.866. The first-order chi connectivity index (χ1) is 11.2. The van der Waals surface area contributed by atoms with E-state index in [-0.39, 0.29) is 40.4 Å². The Morgan fingerprint density at radius 1 is 1.36 bits per heavy atom. The SMILES string of the molecule is CC(C)N1C(=O)c2ccc(C(=O)N(C)C3CCNC3)cc2S1(=O)=O.Cl. The molecule has 0 radical (unpaired) electrons. The molecule has 7 nitrogen and oxygen atoms in total. The van der Waals surface area contributed by atoms with Gasteiger partial charge in [-0.3, -0.25) is 9.59 Å². The number of sulfonamides is 1. The van der Waals surface area contributed by atoms with E-state index < -0.39 is 22.0 Å². The van der Waals surface area contributed by atoms with E-state index in [0.717, 1.165) is 23.8 Å². The third-order valence-corrected chi connectivity index (χ3v) is 6.57. The van der Waals surface area contributed by atoms with Crippen LogP contribution in [0.2, 0.25) is 0 Å². The van der Waals surface area contributed by atoms with E-state index in [0.29, 0.717) is 0 Å². The minimum atomic E-state index is -3.89. The Hall–Kier alpha value is -1.64. The molecule has 25 heavy (non-hydrogen) atoms. The van der Waals surface area contributed by atoms with Gasteiger partial charge in [-0.15, -0.1) is 12.4 Å². The number of fused-ring (bicyclic) bond motifs is 1. The van der Waals surface area contributed by atoms with Crippen LogP contribution in [0.5, 0.6) is 0 Å². The minimum absolute atomic E-state index is 0. The summed E-state index contributed by atoms with van der Waals surface area (Å²) >= 11 is 0. The lowest BCUT2D eigenvalue weighted by atomic mass is 10.1. The number of rotatable bonds is 3. The van der Waals surface area contributed by atoms with E-state index in [4.69, 9.17) is 0 Å². The molecule has 1 saturated heterocycles. The molecule has 1 fully saturated rings. The molecule has 0 spiro atoms. The van der Waals surface area contributed by atoms with Crippen LogP contribution in [0.4, 0.5) is 0 Å².